The highest BCUT2D eigenvalue weighted by atomic mass is 16.5. The normalized spacial score (nSPS) is 13.0. The van der Waals surface area contributed by atoms with Crippen molar-refractivity contribution in [2.75, 3.05) is 0 Å². The number of carbonyl (C=O) groups excluding carboxylic acids is 1. The van der Waals surface area contributed by atoms with E-state index in [2.05, 4.69) is 10.3 Å². The number of hydrogen-bond acceptors (Lipinski definition) is 6. The zero-order valence-corrected chi connectivity index (χ0v) is 19.3. The molecule has 0 fully saturated rings. The van der Waals surface area contributed by atoms with Gasteiger partial charge in [0.2, 0.25) is 0 Å². The average Bonchev–Trinajstić information content (AvgIpc) is 3.20. The fourth-order valence-electron chi connectivity index (χ4n) is 4.06. The summed E-state index contributed by atoms with van der Waals surface area (Å²) >= 11 is 0. The summed E-state index contributed by atoms with van der Waals surface area (Å²) in [4.78, 5) is 39.5. The van der Waals surface area contributed by atoms with Gasteiger partial charge in [-0.25, -0.2) is 9.59 Å². The van der Waals surface area contributed by atoms with Crippen LogP contribution in [0.2, 0.25) is 0 Å². The molecule has 0 radical (unpaired) electrons. The van der Waals surface area contributed by atoms with Crippen LogP contribution in [-0.4, -0.2) is 39.2 Å². The van der Waals surface area contributed by atoms with Crippen LogP contribution < -0.4 is 15.7 Å². The van der Waals surface area contributed by atoms with E-state index in [0.29, 0.717) is 22.3 Å². The fourth-order valence-corrected chi connectivity index (χ4v) is 4.06. The third-order valence-electron chi connectivity index (χ3n) is 5.79. The Morgan fingerprint density at radius 1 is 1.11 bits per heavy atom. The van der Waals surface area contributed by atoms with Gasteiger partial charge in [-0.2, -0.15) is 0 Å². The highest BCUT2D eigenvalue weighted by molar-refractivity contribution is 5.89. The van der Waals surface area contributed by atoms with E-state index in [9.17, 15) is 24.6 Å². The van der Waals surface area contributed by atoms with Crippen LogP contribution in [0.1, 0.15) is 31.4 Å². The van der Waals surface area contributed by atoms with Gasteiger partial charge in [0, 0.05) is 41.0 Å². The minimum absolute atomic E-state index is 0.0125. The van der Waals surface area contributed by atoms with Crippen molar-refractivity contribution in [3.63, 3.8) is 0 Å². The molecule has 2 atom stereocenters. The number of ether oxygens (including phenoxy) is 1. The maximum atomic E-state index is 12.7. The molecule has 9 nitrogen and oxygen atoms in total. The lowest BCUT2D eigenvalue weighted by atomic mass is 10.0. The first kappa shape index (κ1) is 23.9. The number of aryl methyl sites for hydroxylation is 1. The van der Waals surface area contributed by atoms with Gasteiger partial charge in [0.1, 0.15) is 23.1 Å². The number of amides is 1. The van der Waals surface area contributed by atoms with Crippen molar-refractivity contribution >= 4 is 33.7 Å². The number of carboxylic acid groups (broad SMARTS) is 1. The van der Waals surface area contributed by atoms with E-state index in [-0.39, 0.29) is 12.2 Å². The Kier molecular flexibility index (Phi) is 6.77. The molecule has 0 unspecified atom stereocenters. The summed E-state index contributed by atoms with van der Waals surface area (Å²) in [6.07, 6.45) is 2.26. The van der Waals surface area contributed by atoms with Gasteiger partial charge in [0.05, 0.1) is 0 Å². The highest BCUT2D eigenvalue weighted by Gasteiger charge is 2.25. The molecule has 0 spiro atoms. The predicted molar refractivity (Wildman–Crippen MR) is 130 cm³/mol. The predicted octanol–water partition coefficient (Wildman–Crippen LogP) is 3.51. The van der Waals surface area contributed by atoms with E-state index >= 15 is 0 Å². The number of carboxylic acids is 1. The molecule has 2 heterocycles. The lowest BCUT2D eigenvalue weighted by Crippen LogP contribution is -2.47. The molecule has 4 rings (SSSR count). The van der Waals surface area contributed by atoms with Gasteiger partial charge in [-0.1, -0.05) is 13.3 Å². The number of fused-ring (bicyclic) bond motifs is 2. The van der Waals surface area contributed by atoms with Crippen molar-refractivity contribution in [1.29, 1.82) is 0 Å². The largest absolute Gasteiger partial charge is 0.508 e. The number of rotatable bonds is 9. The van der Waals surface area contributed by atoms with Crippen molar-refractivity contribution in [2.45, 2.75) is 45.3 Å². The zero-order chi connectivity index (χ0) is 25.1. The molecule has 182 valence electrons. The quantitative estimate of drug-likeness (QED) is 0.270. The molecule has 9 heteroatoms. The van der Waals surface area contributed by atoms with Crippen molar-refractivity contribution in [1.82, 2.24) is 10.3 Å². The van der Waals surface area contributed by atoms with E-state index in [1.165, 1.54) is 25.1 Å². The second-order valence-electron chi connectivity index (χ2n) is 8.41. The van der Waals surface area contributed by atoms with E-state index < -0.39 is 29.6 Å². The fraction of sp³-hybridized carbons (Fsp3) is 0.269. The Bertz CT molecular complexity index is 1450. The minimum Gasteiger partial charge on any atom is -0.508 e. The SMILES string of the molecule is CCCc1cc(=O)oc2cc(O[C@H](C)C(=O)N[C@@H](Cc3c[nH]c4ccc(O)cc34)C(=O)O)ccc12. The number of phenols is 1. The van der Waals surface area contributed by atoms with Gasteiger partial charge < -0.3 is 29.7 Å². The molecule has 0 aliphatic rings. The second kappa shape index (κ2) is 9.92. The number of phenolic OH excluding ortho intramolecular Hbond substituents is 1. The summed E-state index contributed by atoms with van der Waals surface area (Å²) in [6, 6.07) is 10.0. The summed E-state index contributed by atoms with van der Waals surface area (Å²) < 4.78 is 11.0. The monoisotopic (exact) mass is 478 g/mol. The third-order valence-corrected chi connectivity index (χ3v) is 5.79. The van der Waals surface area contributed by atoms with Gasteiger partial charge in [-0.05, 0) is 54.8 Å². The standard InChI is InChI=1S/C26H26N2O7/c1-3-4-15-10-24(30)35-23-12-18(6-7-19(15)23)34-14(2)25(31)28-22(26(32)33)9-16-13-27-21-8-5-17(29)11-20(16)21/h5-8,10-14,22,27,29H,3-4,9H2,1-2H3,(H,28,31)(H,32,33)/t14-,22+/m1/s1. The van der Waals surface area contributed by atoms with Gasteiger partial charge in [-0.3, -0.25) is 4.79 Å². The van der Waals surface area contributed by atoms with Crippen molar-refractivity contribution in [2.24, 2.45) is 0 Å². The molecule has 0 saturated carbocycles. The number of aromatic hydroxyl groups is 1. The Balaban J connectivity index is 1.48. The summed E-state index contributed by atoms with van der Waals surface area (Å²) in [6.45, 7) is 3.52. The number of hydrogen-bond donors (Lipinski definition) is 4. The summed E-state index contributed by atoms with van der Waals surface area (Å²) in [5, 5.41) is 23.4. The van der Waals surface area contributed by atoms with E-state index in [4.69, 9.17) is 9.15 Å². The molecular formula is C26H26N2O7. The van der Waals surface area contributed by atoms with Crippen LogP contribution >= 0.6 is 0 Å². The molecule has 4 N–H and O–H groups in total. The Morgan fingerprint density at radius 2 is 1.91 bits per heavy atom. The van der Waals surface area contributed by atoms with E-state index in [1.807, 2.05) is 6.92 Å². The first-order chi connectivity index (χ1) is 16.7. The molecule has 0 saturated heterocycles. The van der Waals surface area contributed by atoms with Crippen molar-refractivity contribution in [3.8, 4) is 11.5 Å². The molecule has 2 aromatic carbocycles. The number of aliphatic carboxylic acids is 1. The van der Waals surface area contributed by atoms with Crippen LogP contribution in [0.4, 0.5) is 0 Å². The Morgan fingerprint density at radius 3 is 2.66 bits per heavy atom. The lowest BCUT2D eigenvalue weighted by Gasteiger charge is -2.19. The molecule has 0 aliphatic heterocycles. The molecular weight excluding hydrogens is 452 g/mol. The maximum absolute atomic E-state index is 12.7. The molecule has 0 aliphatic carbocycles. The third kappa shape index (κ3) is 5.29. The van der Waals surface area contributed by atoms with Crippen molar-refractivity contribution < 1.29 is 29.0 Å². The molecule has 4 aromatic rings. The second-order valence-corrected chi connectivity index (χ2v) is 8.41. The number of aromatic amines is 1. The van der Waals surface area contributed by atoms with Crippen molar-refractivity contribution in [3.05, 3.63) is 70.2 Å². The van der Waals surface area contributed by atoms with E-state index in [0.717, 1.165) is 29.3 Å². The zero-order valence-electron chi connectivity index (χ0n) is 19.3. The molecule has 1 amide bonds. The van der Waals surface area contributed by atoms with Gasteiger partial charge in [0.25, 0.3) is 5.91 Å². The van der Waals surface area contributed by atoms with E-state index in [1.54, 1.807) is 30.5 Å². The summed E-state index contributed by atoms with van der Waals surface area (Å²) in [5.41, 5.74) is 2.17. The van der Waals surface area contributed by atoms with Gasteiger partial charge in [0.15, 0.2) is 6.10 Å². The van der Waals surface area contributed by atoms with Crippen LogP contribution in [0, 0.1) is 0 Å². The smallest absolute Gasteiger partial charge is 0.336 e. The minimum atomic E-state index is -1.21. The average molecular weight is 479 g/mol. The molecule has 35 heavy (non-hydrogen) atoms. The highest BCUT2D eigenvalue weighted by Crippen LogP contribution is 2.25. The van der Waals surface area contributed by atoms with Crippen LogP contribution in [0.3, 0.4) is 0 Å². The number of nitrogens with one attached hydrogen (secondary N) is 2. The number of H-pyrrole nitrogens is 1. The van der Waals surface area contributed by atoms with Gasteiger partial charge in [-0.15, -0.1) is 0 Å². The van der Waals surface area contributed by atoms with Crippen LogP contribution in [0.5, 0.6) is 11.5 Å². The summed E-state index contributed by atoms with van der Waals surface area (Å²) in [5.74, 6) is -1.43. The number of benzene rings is 2. The lowest BCUT2D eigenvalue weighted by molar-refractivity contribution is -0.142. The summed E-state index contributed by atoms with van der Waals surface area (Å²) in [7, 11) is 0. The first-order valence-corrected chi connectivity index (χ1v) is 11.3. The Hall–Kier alpha value is -4.27. The van der Waals surface area contributed by atoms with Crippen LogP contribution in [0.25, 0.3) is 21.9 Å². The number of aromatic nitrogens is 1. The first-order valence-electron chi connectivity index (χ1n) is 11.3. The maximum Gasteiger partial charge on any atom is 0.336 e. The van der Waals surface area contributed by atoms with Gasteiger partial charge >= 0.3 is 11.6 Å². The molecule has 0 bridgehead atoms. The molecule has 2 aromatic heterocycles. The Labute approximate surface area is 200 Å². The number of carbonyl (C=O) groups is 2. The van der Waals surface area contributed by atoms with Crippen LogP contribution in [0.15, 0.2) is 57.9 Å². The van der Waals surface area contributed by atoms with Crippen LogP contribution in [-0.2, 0) is 22.4 Å². The topological polar surface area (TPSA) is 142 Å².